The van der Waals surface area contributed by atoms with Gasteiger partial charge in [0.1, 0.15) is 0 Å². The number of hydrogen-bond acceptors (Lipinski definition) is 6. The summed E-state index contributed by atoms with van der Waals surface area (Å²) in [5.41, 5.74) is 6.28. The summed E-state index contributed by atoms with van der Waals surface area (Å²) in [5.74, 6) is 2.90. The SMILES string of the molecule is O=C(NCCCOc1ccccc1OCCCNC(=O)NC1CCC(CCN2C3CCC2c2ccccc23)CC1)NC1CCC(CCN2C3CCC2c2ccccc23)CC1. The van der Waals surface area contributed by atoms with E-state index in [1.165, 1.54) is 77.3 Å². The fraction of sp³-hybridized carbons (Fsp3) is 0.600. The van der Waals surface area contributed by atoms with Crippen molar-refractivity contribution in [1.82, 2.24) is 31.1 Å². The summed E-state index contributed by atoms with van der Waals surface area (Å²) in [4.78, 5) is 30.9. The second-order valence-electron chi connectivity index (χ2n) is 18.6. The largest absolute Gasteiger partial charge is 0.490 e. The second kappa shape index (κ2) is 19.6. The number of carbonyl (C=O) groups is 2. The Morgan fingerprint density at radius 2 is 0.833 bits per heavy atom. The first kappa shape index (κ1) is 41.1. The molecule has 0 spiro atoms. The van der Waals surface area contributed by atoms with E-state index in [2.05, 4.69) is 79.6 Å². The van der Waals surface area contributed by atoms with Gasteiger partial charge in [-0.05, 0) is 162 Å². The van der Waals surface area contributed by atoms with Gasteiger partial charge in [0.05, 0.1) is 13.2 Å². The second-order valence-corrected chi connectivity index (χ2v) is 18.6. The zero-order valence-corrected chi connectivity index (χ0v) is 35.6. The summed E-state index contributed by atoms with van der Waals surface area (Å²) in [7, 11) is 0. The van der Waals surface area contributed by atoms with Crippen molar-refractivity contribution in [3.8, 4) is 11.5 Å². The highest BCUT2D eigenvalue weighted by Crippen LogP contribution is 2.54. The molecule has 4 fully saturated rings. The third kappa shape index (κ3) is 9.60. The van der Waals surface area contributed by atoms with Gasteiger partial charge in [-0.15, -0.1) is 0 Å². The molecular weight excluding hydrogens is 749 g/mol. The van der Waals surface area contributed by atoms with E-state index in [4.69, 9.17) is 9.47 Å². The Morgan fingerprint density at radius 3 is 1.20 bits per heavy atom. The smallest absolute Gasteiger partial charge is 0.315 e. The first-order chi connectivity index (χ1) is 29.6. The van der Waals surface area contributed by atoms with Crippen LogP contribution in [0.3, 0.4) is 0 Å². The van der Waals surface area contributed by atoms with Crippen molar-refractivity contribution in [2.24, 2.45) is 11.8 Å². The van der Waals surface area contributed by atoms with Crippen molar-refractivity contribution >= 4 is 12.1 Å². The van der Waals surface area contributed by atoms with Gasteiger partial charge in [0.15, 0.2) is 11.5 Å². The summed E-state index contributed by atoms with van der Waals surface area (Å²) >= 11 is 0. The fourth-order valence-electron chi connectivity index (χ4n) is 11.9. The first-order valence-electron chi connectivity index (χ1n) is 23.7. The Hall–Kier alpha value is -4.28. The Balaban J connectivity index is 0.583. The van der Waals surface area contributed by atoms with E-state index < -0.39 is 0 Å². The number of ether oxygens (including phenoxy) is 2. The maximum Gasteiger partial charge on any atom is 0.315 e. The maximum absolute atomic E-state index is 12.7. The lowest BCUT2D eigenvalue weighted by Crippen LogP contribution is -2.44. The third-order valence-electron chi connectivity index (χ3n) is 15.0. The van der Waals surface area contributed by atoms with Crippen LogP contribution in [0, 0.1) is 11.8 Å². The van der Waals surface area contributed by atoms with Crippen LogP contribution in [0.15, 0.2) is 72.8 Å². The molecule has 4 N–H and O–H groups in total. The van der Waals surface area contributed by atoms with Crippen LogP contribution < -0.4 is 30.7 Å². The molecule has 2 saturated heterocycles. The number of nitrogens with zero attached hydrogens (tertiary/aromatic N) is 2. The van der Waals surface area contributed by atoms with Crippen molar-refractivity contribution in [2.45, 2.75) is 139 Å². The van der Waals surface area contributed by atoms with E-state index in [1.807, 2.05) is 24.3 Å². The number of rotatable bonds is 18. The molecule has 4 unspecified atom stereocenters. The maximum atomic E-state index is 12.7. The zero-order chi connectivity index (χ0) is 40.7. The number of carbonyl (C=O) groups excluding carboxylic acids is 2. The molecule has 10 heteroatoms. The van der Waals surface area contributed by atoms with E-state index in [9.17, 15) is 9.59 Å². The van der Waals surface area contributed by atoms with Crippen LogP contribution in [0.5, 0.6) is 11.5 Å². The number of para-hydroxylation sites is 2. The molecule has 4 aliphatic heterocycles. The molecule has 6 aliphatic rings. The summed E-state index contributed by atoms with van der Waals surface area (Å²) < 4.78 is 12.1. The summed E-state index contributed by atoms with van der Waals surface area (Å²) in [6, 6.07) is 28.7. The van der Waals surface area contributed by atoms with Gasteiger partial charge in [-0.3, -0.25) is 9.80 Å². The predicted octanol–water partition coefficient (Wildman–Crippen LogP) is 9.50. The topological polar surface area (TPSA) is 107 Å². The number of hydrogen-bond donors (Lipinski definition) is 4. The predicted molar refractivity (Wildman–Crippen MR) is 236 cm³/mol. The number of urea groups is 2. The van der Waals surface area contributed by atoms with E-state index >= 15 is 0 Å². The highest BCUT2D eigenvalue weighted by atomic mass is 16.5. The molecule has 322 valence electrons. The van der Waals surface area contributed by atoms with Gasteiger partial charge in [0, 0.05) is 49.3 Å². The average Bonchev–Trinajstić information content (AvgIpc) is 4.04. The monoisotopic (exact) mass is 817 g/mol. The number of amides is 4. The molecule has 3 aromatic carbocycles. The average molecular weight is 817 g/mol. The molecule has 4 heterocycles. The van der Waals surface area contributed by atoms with Crippen LogP contribution in [0.25, 0.3) is 0 Å². The minimum Gasteiger partial charge on any atom is -0.490 e. The molecule has 9 rings (SSSR count). The van der Waals surface area contributed by atoms with Gasteiger partial charge in [0.25, 0.3) is 0 Å². The molecule has 4 bridgehead atoms. The number of fused-ring (bicyclic) bond motifs is 10. The quantitative estimate of drug-likeness (QED) is 0.0954. The van der Waals surface area contributed by atoms with Crippen molar-refractivity contribution in [3.63, 3.8) is 0 Å². The molecule has 0 aromatic heterocycles. The molecule has 4 amide bonds. The normalized spacial score (nSPS) is 27.9. The van der Waals surface area contributed by atoms with Gasteiger partial charge in [-0.1, -0.05) is 60.7 Å². The molecular formula is C50H68N6O4. The van der Waals surface area contributed by atoms with Gasteiger partial charge in [-0.2, -0.15) is 0 Å². The summed E-state index contributed by atoms with van der Waals surface area (Å²) in [6.07, 6.45) is 18.2. The van der Waals surface area contributed by atoms with Crippen molar-refractivity contribution < 1.29 is 19.1 Å². The van der Waals surface area contributed by atoms with Crippen molar-refractivity contribution in [3.05, 3.63) is 95.1 Å². The van der Waals surface area contributed by atoms with Gasteiger partial charge >= 0.3 is 12.1 Å². The van der Waals surface area contributed by atoms with E-state index in [1.54, 1.807) is 22.3 Å². The molecule has 0 radical (unpaired) electrons. The van der Waals surface area contributed by atoms with Crippen molar-refractivity contribution in [2.75, 3.05) is 39.4 Å². The standard InChI is InChI=1S/C50H68N6O4/c57-49(53-37-19-15-35(16-20-37)27-31-55-43-23-24-44(55)40-10-2-1-9-39(40)43)51-29-7-33-59-47-13-5-6-14-48(47)60-34-8-30-52-50(58)54-38-21-17-36(18-22-38)28-32-56-45-25-26-46(56)42-12-4-3-11-41(42)45/h1-6,9-14,35-38,43-46H,7-8,15-34H2,(H2,51,53,57)(H2,52,54,58). The van der Waals surface area contributed by atoms with E-state index in [-0.39, 0.29) is 24.1 Å². The Kier molecular flexibility index (Phi) is 13.4. The van der Waals surface area contributed by atoms with Gasteiger partial charge < -0.3 is 30.7 Å². The number of nitrogens with one attached hydrogen (secondary N) is 4. The Labute approximate surface area is 357 Å². The van der Waals surface area contributed by atoms with Crippen LogP contribution in [0.2, 0.25) is 0 Å². The third-order valence-corrected chi connectivity index (χ3v) is 15.0. The summed E-state index contributed by atoms with van der Waals surface area (Å²) in [5, 5.41) is 12.5. The Morgan fingerprint density at radius 1 is 0.483 bits per heavy atom. The minimum absolute atomic E-state index is 0.0787. The van der Waals surface area contributed by atoms with Crippen molar-refractivity contribution in [1.29, 1.82) is 0 Å². The van der Waals surface area contributed by atoms with Gasteiger partial charge in [-0.25, -0.2) is 9.59 Å². The van der Waals surface area contributed by atoms with E-state index in [0.29, 0.717) is 74.8 Å². The number of benzene rings is 3. The van der Waals surface area contributed by atoms with Crippen LogP contribution in [-0.4, -0.2) is 73.3 Å². The van der Waals surface area contributed by atoms with Gasteiger partial charge in [0.2, 0.25) is 0 Å². The highest BCUT2D eigenvalue weighted by molar-refractivity contribution is 5.74. The molecule has 10 nitrogen and oxygen atoms in total. The molecule has 2 aliphatic carbocycles. The van der Waals surface area contributed by atoms with E-state index in [0.717, 1.165) is 37.5 Å². The highest BCUT2D eigenvalue weighted by Gasteiger charge is 2.44. The van der Waals surface area contributed by atoms with Crippen LogP contribution >= 0.6 is 0 Å². The zero-order valence-electron chi connectivity index (χ0n) is 35.6. The van der Waals surface area contributed by atoms with Crippen LogP contribution in [-0.2, 0) is 0 Å². The molecule has 2 saturated carbocycles. The summed E-state index contributed by atoms with van der Waals surface area (Å²) in [6.45, 7) is 4.45. The molecule has 60 heavy (non-hydrogen) atoms. The van der Waals surface area contributed by atoms with Crippen LogP contribution in [0.1, 0.15) is 149 Å². The fourth-order valence-corrected chi connectivity index (χ4v) is 11.9. The lowest BCUT2D eigenvalue weighted by molar-refractivity contribution is 0.185. The molecule has 4 atom stereocenters. The van der Waals surface area contributed by atoms with Crippen LogP contribution in [0.4, 0.5) is 9.59 Å². The Bertz CT molecular complexity index is 1690. The minimum atomic E-state index is -0.0787. The molecule has 3 aromatic rings. The lowest BCUT2D eigenvalue weighted by Gasteiger charge is -2.31. The first-order valence-corrected chi connectivity index (χ1v) is 23.7. The lowest BCUT2D eigenvalue weighted by atomic mass is 9.84.